The van der Waals surface area contributed by atoms with Crippen LogP contribution in [0.3, 0.4) is 0 Å². The van der Waals surface area contributed by atoms with E-state index in [9.17, 15) is 18.0 Å². The number of carbonyl (C=O) groups is 2. The molecule has 8 heteroatoms. The minimum atomic E-state index is -3.27. The van der Waals surface area contributed by atoms with E-state index in [4.69, 9.17) is 4.42 Å². The Labute approximate surface area is 145 Å². The average Bonchev–Trinajstić information content (AvgIpc) is 3.06. The van der Waals surface area contributed by atoms with E-state index in [2.05, 4.69) is 10.6 Å². The van der Waals surface area contributed by atoms with Crippen LogP contribution in [-0.2, 0) is 19.4 Å². The summed E-state index contributed by atoms with van der Waals surface area (Å²) in [5, 5.41) is 5.21. The molecule has 2 N–H and O–H groups in total. The molecule has 0 saturated carbocycles. The molecule has 1 aromatic heterocycles. The van der Waals surface area contributed by atoms with Gasteiger partial charge in [0, 0.05) is 31.0 Å². The third-order valence-corrected chi connectivity index (χ3v) is 4.29. The number of nitrogens with one attached hydrogen (secondary N) is 2. The molecule has 0 atom stereocenters. The van der Waals surface area contributed by atoms with Crippen LogP contribution in [0.2, 0.25) is 0 Å². The number of carbonyl (C=O) groups excluding carboxylic acids is 2. The summed E-state index contributed by atoms with van der Waals surface area (Å²) in [6, 6.07) is 9.30. The standard InChI is InChI=1S/C17H18N2O5S/c1-25(22,23)15-7-4-13(5-8-15)19-17(21)10-11-18-16(20)9-6-14-3-2-12-24-14/h2-9,12H,10-11H2,1H3,(H,18,20)(H,19,21)/b9-6+. The third kappa shape index (κ3) is 6.27. The fourth-order valence-corrected chi connectivity index (χ4v) is 2.54. The lowest BCUT2D eigenvalue weighted by atomic mass is 10.3. The molecule has 0 saturated heterocycles. The van der Waals surface area contributed by atoms with Crippen molar-refractivity contribution in [2.45, 2.75) is 11.3 Å². The van der Waals surface area contributed by atoms with Crippen LogP contribution in [0.25, 0.3) is 6.08 Å². The van der Waals surface area contributed by atoms with Crippen LogP contribution in [0.1, 0.15) is 12.2 Å². The maximum Gasteiger partial charge on any atom is 0.244 e. The molecule has 25 heavy (non-hydrogen) atoms. The molecular formula is C17H18N2O5S. The van der Waals surface area contributed by atoms with Crippen molar-refractivity contribution in [2.24, 2.45) is 0 Å². The van der Waals surface area contributed by atoms with E-state index in [0.717, 1.165) is 6.26 Å². The lowest BCUT2D eigenvalue weighted by Crippen LogP contribution is -2.26. The Balaban J connectivity index is 1.74. The van der Waals surface area contributed by atoms with Crippen molar-refractivity contribution in [3.05, 3.63) is 54.5 Å². The second-order valence-corrected chi connectivity index (χ2v) is 7.25. The zero-order chi connectivity index (χ0) is 18.3. The van der Waals surface area contributed by atoms with Gasteiger partial charge in [0.05, 0.1) is 11.2 Å². The summed E-state index contributed by atoms with van der Waals surface area (Å²) in [5.41, 5.74) is 0.487. The van der Waals surface area contributed by atoms with Gasteiger partial charge in [0.2, 0.25) is 11.8 Å². The largest absolute Gasteiger partial charge is 0.465 e. The highest BCUT2D eigenvalue weighted by Gasteiger charge is 2.07. The molecule has 0 aliphatic carbocycles. The van der Waals surface area contributed by atoms with Crippen LogP contribution in [0.15, 0.2) is 58.1 Å². The van der Waals surface area contributed by atoms with Gasteiger partial charge in [-0.25, -0.2) is 8.42 Å². The van der Waals surface area contributed by atoms with Gasteiger partial charge >= 0.3 is 0 Å². The Morgan fingerprint density at radius 3 is 2.48 bits per heavy atom. The monoisotopic (exact) mass is 362 g/mol. The lowest BCUT2D eigenvalue weighted by molar-refractivity contribution is -0.117. The van der Waals surface area contributed by atoms with E-state index in [1.165, 1.54) is 42.7 Å². The fourth-order valence-electron chi connectivity index (χ4n) is 1.91. The van der Waals surface area contributed by atoms with Gasteiger partial charge in [0.25, 0.3) is 0 Å². The molecule has 0 radical (unpaired) electrons. The van der Waals surface area contributed by atoms with Gasteiger partial charge in [-0.05, 0) is 42.5 Å². The van der Waals surface area contributed by atoms with Gasteiger partial charge in [-0.1, -0.05) is 0 Å². The number of amides is 2. The van der Waals surface area contributed by atoms with Crippen LogP contribution < -0.4 is 10.6 Å². The van der Waals surface area contributed by atoms with Gasteiger partial charge < -0.3 is 15.1 Å². The summed E-state index contributed by atoms with van der Waals surface area (Å²) >= 11 is 0. The molecule has 0 spiro atoms. The average molecular weight is 362 g/mol. The smallest absolute Gasteiger partial charge is 0.244 e. The molecule has 1 heterocycles. The number of anilines is 1. The highest BCUT2D eigenvalue weighted by atomic mass is 32.2. The fraction of sp³-hybridized carbons (Fsp3) is 0.176. The Morgan fingerprint density at radius 2 is 1.88 bits per heavy atom. The topological polar surface area (TPSA) is 105 Å². The summed E-state index contributed by atoms with van der Waals surface area (Å²) in [7, 11) is -3.27. The van der Waals surface area contributed by atoms with Gasteiger partial charge in [-0.15, -0.1) is 0 Å². The van der Waals surface area contributed by atoms with Crippen molar-refractivity contribution in [1.29, 1.82) is 0 Å². The summed E-state index contributed by atoms with van der Waals surface area (Å²) in [5.74, 6) is -0.0606. The van der Waals surface area contributed by atoms with Gasteiger partial charge in [-0.2, -0.15) is 0 Å². The number of rotatable bonds is 7. The Hall–Kier alpha value is -2.87. The van der Waals surface area contributed by atoms with Crippen molar-refractivity contribution < 1.29 is 22.4 Å². The van der Waals surface area contributed by atoms with E-state index in [1.54, 1.807) is 12.1 Å². The minimum absolute atomic E-state index is 0.0914. The molecule has 0 aliphatic rings. The first-order chi connectivity index (χ1) is 11.8. The lowest BCUT2D eigenvalue weighted by Gasteiger charge is -2.06. The zero-order valence-corrected chi connectivity index (χ0v) is 14.4. The maximum absolute atomic E-state index is 11.8. The van der Waals surface area contributed by atoms with Crippen molar-refractivity contribution in [3.8, 4) is 0 Å². The van der Waals surface area contributed by atoms with E-state index in [-0.39, 0.29) is 29.7 Å². The van der Waals surface area contributed by atoms with Crippen molar-refractivity contribution >= 4 is 33.4 Å². The second kappa shape index (κ2) is 8.29. The van der Waals surface area contributed by atoms with Gasteiger partial charge in [0.15, 0.2) is 9.84 Å². The van der Waals surface area contributed by atoms with E-state index in [0.29, 0.717) is 11.4 Å². The Morgan fingerprint density at radius 1 is 1.16 bits per heavy atom. The quantitative estimate of drug-likeness (QED) is 0.731. The van der Waals surface area contributed by atoms with E-state index < -0.39 is 9.84 Å². The third-order valence-electron chi connectivity index (χ3n) is 3.16. The van der Waals surface area contributed by atoms with Crippen molar-refractivity contribution in [1.82, 2.24) is 5.32 Å². The second-order valence-electron chi connectivity index (χ2n) is 5.23. The minimum Gasteiger partial charge on any atom is -0.465 e. The number of furan rings is 1. The molecule has 2 aromatic rings. The first-order valence-electron chi connectivity index (χ1n) is 7.44. The predicted molar refractivity (Wildman–Crippen MR) is 93.6 cm³/mol. The number of benzene rings is 1. The molecule has 2 amide bonds. The summed E-state index contributed by atoms with van der Waals surface area (Å²) in [6.07, 6.45) is 5.56. The molecule has 0 bridgehead atoms. The molecule has 0 fully saturated rings. The number of hydrogen-bond acceptors (Lipinski definition) is 5. The van der Waals surface area contributed by atoms with Crippen LogP contribution in [0.4, 0.5) is 5.69 Å². The Kier molecular flexibility index (Phi) is 6.13. The molecule has 7 nitrogen and oxygen atoms in total. The molecular weight excluding hydrogens is 344 g/mol. The first kappa shape index (κ1) is 18.5. The highest BCUT2D eigenvalue weighted by Crippen LogP contribution is 2.13. The van der Waals surface area contributed by atoms with Crippen LogP contribution in [-0.4, -0.2) is 33.0 Å². The van der Waals surface area contributed by atoms with Gasteiger partial charge in [0.1, 0.15) is 5.76 Å². The SMILES string of the molecule is CS(=O)(=O)c1ccc(NC(=O)CCNC(=O)/C=C/c2ccco2)cc1. The van der Waals surface area contributed by atoms with Crippen molar-refractivity contribution in [2.75, 3.05) is 18.1 Å². The summed E-state index contributed by atoms with van der Waals surface area (Å²) in [6.45, 7) is 0.175. The van der Waals surface area contributed by atoms with Crippen LogP contribution in [0, 0.1) is 0 Å². The molecule has 2 rings (SSSR count). The summed E-state index contributed by atoms with van der Waals surface area (Å²) < 4.78 is 27.8. The van der Waals surface area contributed by atoms with Crippen LogP contribution in [0.5, 0.6) is 0 Å². The molecule has 1 aromatic carbocycles. The van der Waals surface area contributed by atoms with Crippen LogP contribution >= 0.6 is 0 Å². The molecule has 0 unspecified atom stereocenters. The number of sulfone groups is 1. The zero-order valence-electron chi connectivity index (χ0n) is 13.6. The molecule has 132 valence electrons. The van der Waals surface area contributed by atoms with E-state index >= 15 is 0 Å². The maximum atomic E-state index is 11.8. The highest BCUT2D eigenvalue weighted by molar-refractivity contribution is 7.90. The first-order valence-corrected chi connectivity index (χ1v) is 9.33. The normalized spacial score (nSPS) is 11.4. The number of hydrogen-bond donors (Lipinski definition) is 2. The van der Waals surface area contributed by atoms with Gasteiger partial charge in [-0.3, -0.25) is 9.59 Å². The molecule has 0 aliphatic heterocycles. The predicted octanol–water partition coefficient (Wildman–Crippen LogP) is 1.84. The summed E-state index contributed by atoms with van der Waals surface area (Å²) in [4.78, 5) is 23.6. The van der Waals surface area contributed by atoms with Crippen molar-refractivity contribution in [3.63, 3.8) is 0 Å². The Bertz CT molecular complexity index is 853. The van der Waals surface area contributed by atoms with E-state index in [1.807, 2.05) is 0 Å².